The largest absolute Gasteiger partial charge is 0.384 e. The molecule has 0 aliphatic carbocycles. The molecule has 0 aliphatic heterocycles. The number of amidine groups is 1. The summed E-state index contributed by atoms with van der Waals surface area (Å²) in [5.41, 5.74) is 7.05. The van der Waals surface area contributed by atoms with Gasteiger partial charge in [-0.2, -0.15) is 0 Å². The van der Waals surface area contributed by atoms with Gasteiger partial charge in [-0.15, -0.1) is 0 Å². The quantitative estimate of drug-likeness (QED) is 0.582. The fourth-order valence-electron chi connectivity index (χ4n) is 1.82. The minimum Gasteiger partial charge on any atom is -0.384 e. The highest BCUT2D eigenvalue weighted by Gasteiger charge is 2.11. The van der Waals surface area contributed by atoms with Crippen molar-refractivity contribution in [3.8, 4) is 0 Å². The summed E-state index contributed by atoms with van der Waals surface area (Å²) in [4.78, 5) is 1.93. The highest BCUT2D eigenvalue weighted by atomic mass is 32.2. The first-order valence-electron chi connectivity index (χ1n) is 6.22. The number of rotatable bonds is 7. The average molecular weight is 283 g/mol. The number of nitrogens with one attached hydrogen (secondary N) is 1. The maximum absolute atomic E-state index is 11.4. The Morgan fingerprint density at radius 2 is 2.00 bits per heavy atom. The molecule has 0 unspecified atom stereocenters. The van der Waals surface area contributed by atoms with Crippen LogP contribution in [0.5, 0.6) is 0 Å². The molecule has 0 saturated carbocycles. The molecule has 0 bridgehead atoms. The number of hydrogen-bond acceptors (Lipinski definition) is 4. The number of nitrogens with two attached hydrogens (primary N) is 1. The lowest BCUT2D eigenvalue weighted by Crippen LogP contribution is -2.25. The molecular weight excluding hydrogens is 262 g/mol. The zero-order valence-electron chi connectivity index (χ0n) is 11.4. The molecule has 106 valence electrons. The standard InChI is InChI=1S/C13H21N3O2S/c1-3-19(17,18)10-6-9-16(2)12-8-5-4-7-11(12)13(14)15/h4-5,7-8H,3,6,9-10H2,1-2H3,(H3,14,15). The lowest BCUT2D eigenvalue weighted by Gasteiger charge is -2.21. The first kappa shape index (κ1) is 15.5. The molecule has 5 nitrogen and oxygen atoms in total. The second-order valence-corrected chi connectivity index (χ2v) is 6.92. The van der Waals surface area contributed by atoms with E-state index in [4.69, 9.17) is 11.1 Å². The molecule has 1 aromatic rings. The predicted octanol–water partition coefficient (Wildman–Crippen LogP) is 1.23. The van der Waals surface area contributed by atoms with Crippen molar-refractivity contribution in [2.75, 3.05) is 30.0 Å². The van der Waals surface area contributed by atoms with Gasteiger partial charge in [0, 0.05) is 30.6 Å². The van der Waals surface area contributed by atoms with Crippen LogP contribution >= 0.6 is 0 Å². The third-order valence-electron chi connectivity index (χ3n) is 2.99. The average Bonchev–Trinajstić information content (AvgIpc) is 2.38. The van der Waals surface area contributed by atoms with Gasteiger partial charge in [-0.25, -0.2) is 8.42 Å². The van der Waals surface area contributed by atoms with Gasteiger partial charge in [0.25, 0.3) is 0 Å². The van der Waals surface area contributed by atoms with Crippen molar-refractivity contribution >= 4 is 21.4 Å². The van der Waals surface area contributed by atoms with Gasteiger partial charge in [-0.3, -0.25) is 5.41 Å². The third-order valence-corrected chi connectivity index (χ3v) is 4.78. The number of anilines is 1. The first-order valence-corrected chi connectivity index (χ1v) is 8.04. The number of sulfone groups is 1. The van der Waals surface area contributed by atoms with Crippen molar-refractivity contribution in [2.45, 2.75) is 13.3 Å². The summed E-state index contributed by atoms with van der Waals surface area (Å²) in [6.45, 7) is 2.27. The van der Waals surface area contributed by atoms with E-state index < -0.39 is 9.84 Å². The van der Waals surface area contributed by atoms with Gasteiger partial charge in [0.15, 0.2) is 0 Å². The Morgan fingerprint density at radius 1 is 1.37 bits per heavy atom. The molecule has 19 heavy (non-hydrogen) atoms. The van der Waals surface area contributed by atoms with Gasteiger partial charge in [0.1, 0.15) is 15.7 Å². The van der Waals surface area contributed by atoms with Gasteiger partial charge < -0.3 is 10.6 Å². The Labute approximate surface area is 114 Å². The molecular formula is C13H21N3O2S. The molecule has 0 aliphatic rings. The summed E-state index contributed by atoms with van der Waals surface area (Å²) in [5.74, 6) is 0.389. The third kappa shape index (κ3) is 4.55. The SMILES string of the molecule is CCS(=O)(=O)CCCN(C)c1ccccc1C(=N)N. The van der Waals surface area contributed by atoms with Crippen molar-refractivity contribution in [1.29, 1.82) is 5.41 Å². The zero-order valence-corrected chi connectivity index (χ0v) is 12.2. The molecule has 1 rings (SSSR count). The van der Waals surface area contributed by atoms with Crippen LogP contribution in [0.1, 0.15) is 18.9 Å². The molecule has 0 aromatic heterocycles. The minimum absolute atomic E-state index is 0.0172. The summed E-state index contributed by atoms with van der Waals surface area (Å²) < 4.78 is 22.8. The Hall–Kier alpha value is -1.56. The molecule has 0 amide bonds. The van der Waals surface area contributed by atoms with Crippen LogP contribution in [0.2, 0.25) is 0 Å². The predicted molar refractivity (Wildman–Crippen MR) is 79.7 cm³/mol. The number of benzene rings is 1. The topological polar surface area (TPSA) is 87.2 Å². The van der Waals surface area contributed by atoms with E-state index in [0.29, 0.717) is 18.5 Å². The Balaban J connectivity index is 2.69. The summed E-state index contributed by atoms with van der Waals surface area (Å²) in [6.07, 6.45) is 0.568. The summed E-state index contributed by atoms with van der Waals surface area (Å²) in [6, 6.07) is 7.37. The van der Waals surface area contributed by atoms with Gasteiger partial charge in [-0.1, -0.05) is 19.1 Å². The molecule has 0 heterocycles. The second-order valence-electron chi connectivity index (χ2n) is 4.44. The monoisotopic (exact) mass is 283 g/mol. The van der Waals surface area contributed by atoms with E-state index in [-0.39, 0.29) is 17.3 Å². The van der Waals surface area contributed by atoms with Crippen LogP contribution in [0.4, 0.5) is 5.69 Å². The zero-order chi connectivity index (χ0) is 14.5. The van der Waals surface area contributed by atoms with Crippen molar-refractivity contribution in [3.05, 3.63) is 29.8 Å². The molecule has 0 radical (unpaired) electrons. The van der Waals surface area contributed by atoms with Crippen LogP contribution in [0.15, 0.2) is 24.3 Å². The van der Waals surface area contributed by atoms with Crippen LogP contribution in [0, 0.1) is 5.41 Å². The van der Waals surface area contributed by atoms with E-state index >= 15 is 0 Å². The Kier molecular flexibility index (Phi) is 5.35. The fraction of sp³-hybridized carbons (Fsp3) is 0.462. The fourth-order valence-corrected chi connectivity index (χ4v) is 2.68. The van der Waals surface area contributed by atoms with Gasteiger partial charge >= 0.3 is 0 Å². The second kappa shape index (κ2) is 6.56. The molecule has 0 fully saturated rings. The Bertz CT molecular complexity index is 541. The number of para-hydroxylation sites is 1. The van der Waals surface area contributed by atoms with E-state index in [2.05, 4.69) is 0 Å². The minimum atomic E-state index is -2.92. The highest BCUT2D eigenvalue weighted by molar-refractivity contribution is 7.91. The number of hydrogen-bond donors (Lipinski definition) is 2. The van der Waals surface area contributed by atoms with Crippen LogP contribution in [0.3, 0.4) is 0 Å². The molecule has 6 heteroatoms. The Morgan fingerprint density at radius 3 is 2.58 bits per heavy atom. The maximum Gasteiger partial charge on any atom is 0.150 e. The van der Waals surface area contributed by atoms with Gasteiger partial charge in [0.05, 0.1) is 5.75 Å². The summed E-state index contributed by atoms with van der Waals surface area (Å²) >= 11 is 0. The van der Waals surface area contributed by atoms with Crippen molar-refractivity contribution in [1.82, 2.24) is 0 Å². The molecule has 0 saturated heterocycles. The highest BCUT2D eigenvalue weighted by Crippen LogP contribution is 2.18. The molecule has 3 N–H and O–H groups in total. The van der Waals surface area contributed by atoms with Crippen molar-refractivity contribution in [2.24, 2.45) is 5.73 Å². The van der Waals surface area contributed by atoms with E-state index in [1.165, 1.54) is 0 Å². The lowest BCUT2D eigenvalue weighted by molar-refractivity contribution is 0.594. The van der Waals surface area contributed by atoms with Crippen molar-refractivity contribution < 1.29 is 8.42 Å². The molecule has 1 aromatic carbocycles. The first-order chi connectivity index (χ1) is 8.87. The maximum atomic E-state index is 11.4. The van der Waals surface area contributed by atoms with Crippen LogP contribution in [-0.2, 0) is 9.84 Å². The van der Waals surface area contributed by atoms with E-state index in [9.17, 15) is 8.42 Å². The van der Waals surface area contributed by atoms with Crippen LogP contribution in [-0.4, -0.2) is 39.4 Å². The van der Waals surface area contributed by atoms with Crippen LogP contribution in [0.25, 0.3) is 0 Å². The smallest absolute Gasteiger partial charge is 0.150 e. The van der Waals surface area contributed by atoms with Gasteiger partial charge in [0.2, 0.25) is 0 Å². The van der Waals surface area contributed by atoms with Crippen LogP contribution < -0.4 is 10.6 Å². The summed E-state index contributed by atoms with van der Waals surface area (Å²) in [5, 5.41) is 7.53. The number of nitrogen functional groups attached to an aromatic ring is 1. The van der Waals surface area contributed by atoms with E-state index in [1.54, 1.807) is 13.0 Å². The van der Waals surface area contributed by atoms with Crippen molar-refractivity contribution in [3.63, 3.8) is 0 Å². The molecule has 0 spiro atoms. The lowest BCUT2D eigenvalue weighted by atomic mass is 10.1. The normalized spacial score (nSPS) is 11.3. The summed E-state index contributed by atoms with van der Waals surface area (Å²) in [7, 11) is -1.04. The van der Waals surface area contributed by atoms with E-state index in [1.807, 2.05) is 30.1 Å². The van der Waals surface area contributed by atoms with E-state index in [0.717, 1.165) is 5.69 Å². The van der Waals surface area contributed by atoms with Gasteiger partial charge in [-0.05, 0) is 18.6 Å². The number of nitrogens with zero attached hydrogens (tertiary/aromatic N) is 1. The molecule has 0 atom stereocenters.